The Kier molecular flexibility index (Phi) is 3.48. The average molecular weight is 298 g/mol. The molecule has 1 aromatic carbocycles. The van der Waals surface area contributed by atoms with E-state index in [1.165, 1.54) is 4.90 Å². The SMILES string of the molecule is Cc1ccc(C(=O)N2Cc3ccccc3C[C@H]2C(=O)O)n1C. The second kappa shape index (κ2) is 5.33. The number of aliphatic carboxylic acids is 1. The summed E-state index contributed by atoms with van der Waals surface area (Å²) in [4.78, 5) is 25.9. The molecule has 0 saturated heterocycles. The van der Waals surface area contributed by atoms with Gasteiger partial charge in [0, 0.05) is 25.7 Å². The summed E-state index contributed by atoms with van der Waals surface area (Å²) in [5.41, 5.74) is 3.50. The summed E-state index contributed by atoms with van der Waals surface area (Å²) in [5, 5.41) is 9.50. The van der Waals surface area contributed by atoms with Gasteiger partial charge in [0.2, 0.25) is 0 Å². The lowest BCUT2D eigenvalue weighted by molar-refractivity contribution is -0.142. The van der Waals surface area contributed by atoms with E-state index in [4.69, 9.17) is 0 Å². The van der Waals surface area contributed by atoms with Crippen LogP contribution in [0.4, 0.5) is 0 Å². The molecule has 0 saturated carbocycles. The van der Waals surface area contributed by atoms with Gasteiger partial charge in [0.15, 0.2) is 0 Å². The lowest BCUT2D eigenvalue weighted by Crippen LogP contribution is -2.49. The molecule has 5 heteroatoms. The molecule has 22 heavy (non-hydrogen) atoms. The summed E-state index contributed by atoms with van der Waals surface area (Å²) >= 11 is 0. The first-order valence-electron chi connectivity index (χ1n) is 7.22. The first-order valence-corrected chi connectivity index (χ1v) is 7.22. The quantitative estimate of drug-likeness (QED) is 0.922. The van der Waals surface area contributed by atoms with Gasteiger partial charge in [-0.15, -0.1) is 0 Å². The fourth-order valence-electron chi connectivity index (χ4n) is 2.93. The molecule has 1 aliphatic heterocycles. The fourth-order valence-corrected chi connectivity index (χ4v) is 2.93. The minimum atomic E-state index is -0.964. The standard InChI is InChI=1S/C17H18N2O3/c1-11-7-8-14(18(11)2)16(20)19-10-13-6-4-3-5-12(13)9-15(19)17(21)22/h3-8,15H,9-10H2,1-2H3,(H,21,22)/t15-/m0/s1. The number of rotatable bonds is 2. The number of fused-ring (bicyclic) bond motifs is 1. The number of carboxylic acid groups (broad SMARTS) is 1. The molecule has 0 unspecified atom stereocenters. The van der Waals surface area contributed by atoms with Crippen LogP contribution >= 0.6 is 0 Å². The van der Waals surface area contributed by atoms with Gasteiger partial charge in [-0.25, -0.2) is 4.79 Å². The number of aromatic nitrogens is 1. The number of hydrogen-bond acceptors (Lipinski definition) is 2. The summed E-state index contributed by atoms with van der Waals surface area (Å²) < 4.78 is 1.79. The van der Waals surface area contributed by atoms with Crippen molar-refractivity contribution in [3.63, 3.8) is 0 Å². The Morgan fingerprint density at radius 3 is 2.41 bits per heavy atom. The lowest BCUT2D eigenvalue weighted by Gasteiger charge is -2.34. The highest BCUT2D eigenvalue weighted by Gasteiger charge is 2.35. The van der Waals surface area contributed by atoms with Gasteiger partial charge in [0.25, 0.3) is 5.91 Å². The van der Waals surface area contributed by atoms with Crippen LogP contribution in [0.2, 0.25) is 0 Å². The molecular weight excluding hydrogens is 280 g/mol. The molecule has 0 radical (unpaired) electrons. The summed E-state index contributed by atoms with van der Waals surface area (Å²) in [6, 6.07) is 10.5. The Hall–Kier alpha value is -2.56. The molecule has 0 bridgehead atoms. The molecular formula is C17H18N2O3. The molecule has 2 heterocycles. The zero-order valence-corrected chi connectivity index (χ0v) is 12.6. The largest absolute Gasteiger partial charge is 0.480 e. The van der Waals surface area contributed by atoms with Crippen LogP contribution < -0.4 is 0 Å². The Morgan fingerprint density at radius 1 is 1.14 bits per heavy atom. The molecule has 1 atom stereocenters. The number of hydrogen-bond donors (Lipinski definition) is 1. The fraction of sp³-hybridized carbons (Fsp3) is 0.294. The molecule has 1 amide bonds. The van der Waals surface area contributed by atoms with Crippen molar-refractivity contribution in [2.24, 2.45) is 7.05 Å². The van der Waals surface area contributed by atoms with Gasteiger partial charge in [-0.05, 0) is 30.2 Å². The average Bonchev–Trinajstić information content (AvgIpc) is 2.85. The maximum Gasteiger partial charge on any atom is 0.326 e. The zero-order valence-electron chi connectivity index (χ0n) is 12.6. The van der Waals surface area contributed by atoms with Gasteiger partial charge in [-0.2, -0.15) is 0 Å². The molecule has 2 aromatic rings. The molecule has 0 aliphatic carbocycles. The van der Waals surface area contributed by atoms with Crippen LogP contribution in [-0.2, 0) is 24.8 Å². The normalized spacial score (nSPS) is 17.2. The first kappa shape index (κ1) is 14.4. The number of benzene rings is 1. The van der Waals surface area contributed by atoms with E-state index in [-0.39, 0.29) is 5.91 Å². The molecule has 114 valence electrons. The highest BCUT2D eigenvalue weighted by molar-refractivity contribution is 5.96. The van der Waals surface area contributed by atoms with Gasteiger partial charge in [0.05, 0.1) is 0 Å². The summed E-state index contributed by atoms with van der Waals surface area (Å²) in [7, 11) is 1.82. The predicted octanol–water partition coefficient (Wildman–Crippen LogP) is 1.99. The van der Waals surface area contributed by atoms with E-state index >= 15 is 0 Å². The van der Waals surface area contributed by atoms with E-state index in [1.54, 1.807) is 10.6 Å². The Labute approximate surface area is 128 Å². The molecule has 1 aromatic heterocycles. The van der Waals surface area contributed by atoms with Crippen LogP contribution in [0.5, 0.6) is 0 Å². The maximum atomic E-state index is 12.8. The van der Waals surface area contributed by atoms with Crippen molar-refractivity contribution in [1.82, 2.24) is 9.47 Å². The predicted molar refractivity (Wildman–Crippen MR) is 81.6 cm³/mol. The number of amides is 1. The maximum absolute atomic E-state index is 12.8. The van der Waals surface area contributed by atoms with Gasteiger partial charge in [-0.3, -0.25) is 4.79 Å². The van der Waals surface area contributed by atoms with E-state index in [0.717, 1.165) is 16.8 Å². The van der Waals surface area contributed by atoms with Crippen LogP contribution in [0.25, 0.3) is 0 Å². The molecule has 1 N–H and O–H groups in total. The van der Waals surface area contributed by atoms with Gasteiger partial charge < -0.3 is 14.6 Å². The Balaban J connectivity index is 1.99. The first-order chi connectivity index (χ1) is 10.5. The molecule has 0 fully saturated rings. The minimum Gasteiger partial charge on any atom is -0.480 e. The highest BCUT2D eigenvalue weighted by Crippen LogP contribution is 2.25. The van der Waals surface area contributed by atoms with Crippen molar-refractivity contribution in [3.8, 4) is 0 Å². The molecule has 1 aliphatic rings. The van der Waals surface area contributed by atoms with Crippen LogP contribution in [0.3, 0.4) is 0 Å². The summed E-state index contributed by atoms with van der Waals surface area (Å²) in [6.45, 7) is 2.24. The third-order valence-electron chi connectivity index (χ3n) is 4.39. The van der Waals surface area contributed by atoms with Crippen molar-refractivity contribution in [2.45, 2.75) is 25.9 Å². The van der Waals surface area contributed by atoms with E-state index in [9.17, 15) is 14.7 Å². The number of carbonyl (C=O) groups is 2. The monoisotopic (exact) mass is 298 g/mol. The van der Waals surface area contributed by atoms with Crippen LogP contribution in [-0.4, -0.2) is 32.5 Å². The number of aryl methyl sites for hydroxylation is 1. The van der Waals surface area contributed by atoms with Crippen molar-refractivity contribution in [2.75, 3.05) is 0 Å². The van der Waals surface area contributed by atoms with Crippen LogP contribution in [0.1, 0.15) is 27.3 Å². The van der Waals surface area contributed by atoms with E-state index in [0.29, 0.717) is 18.7 Å². The third-order valence-corrected chi connectivity index (χ3v) is 4.39. The van der Waals surface area contributed by atoms with Gasteiger partial charge in [-0.1, -0.05) is 24.3 Å². The zero-order chi connectivity index (χ0) is 15.9. The Bertz CT molecular complexity index is 748. The van der Waals surface area contributed by atoms with E-state index < -0.39 is 12.0 Å². The van der Waals surface area contributed by atoms with E-state index in [1.807, 2.05) is 44.3 Å². The number of carbonyl (C=O) groups excluding carboxylic acids is 1. The highest BCUT2D eigenvalue weighted by atomic mass is 16.4. The van der Waals surface area contributed by atoms with Crippen molar-refractivity contribution in [1.29, 1.82) is 0 Å². The van der Waals surface area contributed by atoms with Crippen LogP contribution in [0.15, 0.2) is 36.4 Å². The van der Waals surface area contributed by atoms with Crippen molar-refractivity contribution >= 4 is 11.9 Å². The Morgan fingerprint density at radius 2 is 1.82 bits per heavy atom. The third kappa shape index (κ3) is 2.28. The smallest absolute Gasteiger partial charge is 0.326 e. The van der Waals surface area contributed by atoms with E-state index in [2.05, 4.69) is 0 Å². The van der Waals surface area contributed by atoms with Crippen molar-refractivity contribution in [3.05, 3.63) is 58.9 Å². The number of nitrogens with zero attached hydrogens (tertiary/aromatic N) is 2. The second-order valence-electron chi connectivity index (χ2n) is 5.68. The topological polar surface area (TPSA) is 62.5 Å². The van der Waals surface area contributed by atoms with Gasteiger partial charge >= 0.3 is 5.97 Å². The van der Waals surface area contributed by atoms with Crippen LogP contribution in [0, 0.1) is 6.92 Å². The summed E-state index contributed by atoms with van der Waals surface area (Å²) in [6.07, 6.45) is 0.348. The van der Waals surface area contributed by atoms with Gasteiger partial charge in [0.1, 0.15) is 11.7 Å². The minimum absolute atomic E-state index is 0.238. The molecule has 3 rings (SSSR count). The second-order valence-corrected chi connectivity index (χ2v) is 5.68. The van der Waals surface area contributed by atoms with Crippen molar-refractivity contribution < 1.29 is 14.7 Å². The number of carboxylic acids is 1. The molecule has 0 spiro atoms. The lowest BCUT2D eigenvalue weighted by atomic mass is 9.93. The summed E-state index contributed by atoms with van der Waals surface area (Å²) in [5.74, 6) is -1.20. The molecule has 5 nitrogen and oxygen atoms in total.